The first-order chi connectivity index (χ1) is 14.3. The molecule has 3 unspecified atom stereocenters. The maximum absolute atomic E-state index is 8.07. The summed E-state index contributed by atoms with van der Waals surface area (Å²) in [4.78, 5) is 0. The topological polar surface area (TPSA) is 73.9 Å². The Morgan fingerprint density at radius 3 is 2.37 bits per heavy atom. The van der Waals surface area contributed by atoms with E-state index in [0.717, 1.165) is 12.5 Å². The minimum absolute atomic E-state index is 0.335. The molecule has 1 aromatic rings. The molecule has 30 heavy (non-hydrogen) atoms. The van der Waals surface area contributed by atoms with Crippen molar-refractivity contribution >= 4 is 8.60 Å². The summed E-state index contributed by atoms with van der Waals surface area (Å²) in [5.41, 5.74) is 11.6. The highest BCUT2D eigenvalue weighted by atomic mass is 31.2. The van der Waals surface area contributed by atoms with Crippen molar-refractivity contribution in [2.24, 2.45) is 17.1 Å². The fourth-order valence-electron chi connectivity index (χ4n) is 5.54. The number of fused-ring (bicyclic) bond motifs is 3. The van der Waals surface area contributed by atoms with Gasteiger partial charge in [-0.3, -0.25) is 0 Å². The lowest BCUT2D eigenvalue weighted by Crippen LogP contribution is -2.51. The van der Waals surface area contributed by atoms with Gasteiger partial charge in [0.15, 0.2) is 0 Å². The molecule has 0 aliphatic heterocycles. The molecule has 1 saturated carbocycles. The van der Waals surface area contributed by atoms with Gasteiger partial charge in [0, 0.05) is 0 Å². The van der Waals surface area contributed by atoms with Crippen LogP contribution in [0.2, 0.25) is 0 Å². The Morgan fingerprint density at radius 2 is 1.83 bits per heavy atom. The molecule has 3 atom stereocenters. The van der Waals surface area contributed by atoms with E-state index >= 15 is 0 Å². The van der Waals surface area contributed by atoms with Crippen molar-refractivity contribution in [1.82, 2.24) is 0 Å². The Balaban J connectivity index is 0.000000303. The summed E-state index contributed by atoms with van der Waals surface area (Å²) in [6.45, 7) is 14.9. The van der Waals surface area contributed by atoms with Crippen LogP contribution in [0.4, 0.5) is 0 Å². The molecule has 0 heterocycles. The molecule has 5 nitrogen and oxygen atoms in total. The summed E-state index contributed by atoms with van der Waals surface area (Å²) in [5, 5.41) is 8.07. The molecule has 172 valence electrons. The lowest BCUT2D eigenvalue weighted by atomic mass is 9.50. The van der Waals surface area contributed by atoms with Crippen molar-refractivity contribution in [2.45, 2.75) is 85.0 Å². The van der Waals surface area contributed by atoms with Gasteiger partial charge < -0.3 is 14.8 Å². The van der Waals surface area contributed by atoms with Crippen LogP contribution in [0.25, 0.3) is 0 Å². The van der Waals surface area contributed by atoms with E-state index in [0.29, 0.717) is 30.0 Å². The highest BCUT2D eigenvalue weighted by Gasteiger charge is 2.50. The van der Waals surface area contributed by atoms with Crippen molar-refractivity contribution < 1.29 is 19.0 Å². The van der Waals surface area contributed by atoms with Gasteiger partial charge in [-0.25, -0.2) is 5.26 Å². The quantitative estimate of drug-likeness (QED) is 0.286. The SMILES string of the molecule is CC(C)c1ccc2c(c1)CCC1C(C)(CN)CCCC21C.CCOP(OO)OCC. The first kappa shape index (κ1) is 25.7. The minimum atomic E-state index is -1.50. The number of nitrogens with two attached hydrogens (primary N) is 1. The molecular weight excluding hydrogens is 397 g/mol. The Bertz CT molecular complexity index is 665. The van der Waals surface area contributed by atoms with E-state index in [2.05, 4.69) is 50.6 Å². The first-order valence-electron chi connectivity index (χ1n) is 11.5. The monoisotopic (exact) mass is 439 g/mol. The third-order valence-corrected chi connectivity index (χ3v) is 8.24. The summed E-state index contributed by atoms with van der Waals surface area (Å²) in [6.07, 6.45) is 6.53. The van der Waals surface area contributed by atoms with E-state index in [1.165, 1.54) is 37.7 Å². The number of aryl methyl sites for hydroxylation is 1. The van der Waals surface area contributed by atoms with E-state index in [4.69, 9.17) is 20.0 Å². The van der Waals surface area contributed by atoms with Gasteiger partial charge in [0.1, 0.15) is 0 Å². The number of hydrogen-bond donors (Lipinski definition) is 2. The van der Waals surface area contributed by atoms with Gasteiger partial charge in [0.25, 0.3) is 0 Å². The average Bonchev–Trinajstić information content (AvgIpc) is 2.73. The van der Waals surface area contributed by atoms with Crippen LogP contribution in [0.15, 0.2) is 18.2 Å². The second kappa shape index (κ2) is 11.4. The molecule has 6 heteroatoms. The van der Waals surface area contributed by atoms with Gasteiger partial charge in [0.05, 0.1) is 13.2 Å². The van der Waals surface area contributed by atoms with E-state index < -0.39 is 8.60 Å². The summed E-state index contributed by atoms with van der Waals surface area (Å²) in [6, 6.07) is 7.29. The predicted octanol–water partition coefficient (Wildman–Crippen LogP) is 6.55. The number of hydrogen-bond acceptors (Lipinski definition) is 5. The largest absolute Gasteiger partial charge is 0.362 e. The van der Waals surface area contributed by atoms with Crippen molar-refractivity contribution in [3.63, 3.8) is 0 Å². The van der Waals surface area contributed by atoms with Crippen LogP contribution in [0, 0.1) is 11.3 Å². The average molecular weight is 440 g/mol. The molecule has 0 spiro atoms. The van der Waals surface area contributed by atoms with Gasteiger partial charge in [-0.05, 0) is 85.4 Å². The molecular formula is C24H42NO4P. The van der Waals surface area contributed by atoms with Crippen molar-refractivity contribution in [1.29, 1.82) is 0 Å². The Labute approximate surface area is 184 Å². The molecule has 0 radical (unpaired) electrons. The summed E-state index contributed by atoms with van der Waals surface area (Å²) in [7, 11) is -1.50. The van der Waals surface area contributed by atoms with Crippen LogP contribution in [-0.4, -0.2) is 25.0 Å². The fourth-order valence-corrected chi connectivity index (χ4v) is 6.13. The zero-order valence-electron chi connectivity index (χ0n) is 19.7. The molecule has 0 aromatic heterocycles. The lowest BCUT2D eigenvalue weighted by molar-refractivity contribution is -0.152. The summed E-state index contributed by atoms with van der Waals surface area (Å²) >= 11 is 0. The van der Waals surface area contributed by atoms with Gasteiger partial charge >= 0.3 is 8.60 Å². The second-order valence-corrected chi connectivity index (χ2v) is 10.6. The third-order valence-electron chi connectivity index (χ3n) is 7.17. The molecule has 2 aliphatic rings. The first-order valence-corrected chi connectivity index (χ1v) is 12.6. The van der Waals surface area contributed by atoms with Gasteiger partial charge in [-0.15, -0.1) is 0 Å². The van der Waals surface area contributed by atoms with E-state index in [-0.39, 0.29) is 0 Å². The van der Waals surface area contributed by atoms with E-state index in [9.17, 15) is 0 Å². The zero-order chi connectivity index (χ0) is 22.4. The van der Waals surface area contributed by atoms with Crippen LogP contribution in [0.5, 0.6) is 0 Å². The Morgan fingerprint density at radius 1 is 1.17 bits per heavy atom. The van der Waals surface area contributed by atoms with Crippen LogP contribution < -0.4 is 5.73 Å². The Hall–Kier alpha value is -0.550. The van der Waals surface area contributed by atoms with Crippen LogP contribution in [-0.2, 0) is 25.6 Å². The maximum Gasteiger partial charge on any atom is 0.362 e. The predicted molar refractivity (Wildman–Crippen MR) is 125 cm³/mol. The molecule has 2 aliphatic carbocycles. The molecule has 1 aromatic carbocycles. The van der Waals surface area contributed by atoms with Crippen LogP contribution >= 0.6 is 8.60 Å². The van der Waals surface area contributed by atoms with Crippen molar-refractivity contribution in [3.8, 4) is 0 Å². The Kier molecular flexibility index (Phi) is 9.73. The van der Waals surface area contributed by atoms with E-state index in [1.807, 2.05) is 0 Å². The number of rotatable bonds is 7. The van der Waals surface area contributed by atoms with Gasteiger partial charge in [-0.2, -0.15) is 4.67 Å². The molecule has 0 saturated heterocycles. The van der Waals surface area contributed by atoms with Crippen molar-refractivity contribution in [2.75, 3.05) is 19.8 Å². The zero-order valence-corrected chi connectivity index (χ0v) is 20.6. The third kappa shape index (κ3) is 5.62. The second-order valence-electron chi connectivity index (χ2n) is 9.43. The highest BCUT2D eigenvalue weighted by molar-refractivity contribution is 7.41. The maximum atomic E-state index is 8.07. The normalized spacial score (nSPS) is 28.0. The fraction of sp³-hybridized carbons (Fsp3) is 0.750. The van der Waals surface area contributed by atoms with Gasteiger partial charge in [-0.1, -0.05) is 52.3 Å². The van der Waals surface area contributed by atoms with Crippen LogP contribution in [0.1, 0.15) is 89.8 Å². The smallest absolute Gasteiger partial charge is 0.330 e. The minimum Gasteiger partial charge on any atom is -0.330 e. The van der Waals surface area contributed by atoms with E-state index in [1.54, 1.807) is 25.0 Å². The van der Waals surface area contributed by atoms with Gasteiger partial charge in [0.2, 0.25) is 0 Å². The lowest BCUT2D eigenvalue weighted by Gasteiger charge is -2.55. The molecule has 0 bridgehead atoms. The summed E-state index contributed by atoms with van der Waals surface area (Å²) < 4.78 is 13.5. The number of benzene rings is 1. The highest BCUT2D eigenvalue weighted by Crippen LogP contribution is 2.56. The molecule has 0 amide bonds. The molecule has 3 rings (SSSR count). The van der Waals surface area contributed by atoms with Crippen molar-refractivity contribution in [3.05, 3.63) is 34.9 Å². The molecule has 3 N–H and O–H groups in total. The molecule has 1 fully saturated rings. The standard InChI is InChI=1S/C20H31N.C4H11O4P/c1-14(2)15-6-8-17-16(12-15)7-9-18-19(3,13-21)10-5-11-20(17,18)4;1-3-6-9(8-5)7-4-2/h6,8,12,14,18H,5,7,9-11,13,21H2,1-4H3;5H,3-4H2,1-2H3. The van der Waals surface area contributed by atoms with Crippen LogP contribution in [0.3, 0.4) is 0 Å². The summed E-state index contributed by atoms with van der Waals surface area (Å²) in [5.74, 6) is 1.38.